The van der Waals surface area contributed by atoms with Gasteiger partial charge in [0.25, 0.3) is 0 Å². The normalized spacial score (nSPS) is 11.5. The molecule has 0 amide bonds. The van der Waals surface area contributed by atoms with Gasteiger partial charge in [0.05, 0.1) is 0 Å². The van der Waals surface area contributed by atoms with Crippen LogP contribution in [0.25, 0.3) is 0 Å². The number of aliphatic hydroxyl groups is 1. The van der Waals surface area contributed by atoms with Gasteiger partial charge < -0.3 is 5.11 Å². The van der Waals surface area contributed by atoms with Crippen LogP contribution in [0.4, 0.5) is 0 Å². The van der Waals surface area contributed by atoms with Crippen LogP contribution < -0.4 is 0 Å². The zero-order valence-electron chi connectivity index (χ0n) is 13.2. The van der Waals surface area contributed by atoms with Crippen LogP contribution in [0.1, 0.15) is 96.8 Å². The van der Waals surface area contributed by atoms with Gasteiger partial charge in [-0.25, -0.2) is 0 Å². The van der Waals surface area contributed by atoms with Gasteiger partial charge in [-0.1, -0.05) is 76.9 Å². The molecule has 0 radical (unpaired) electrons. The van der Waals surface area contributed by atoms with Gasteiger partial charge in [0.1, 0.15) is 0 Å². The number of aliphatic hydroxyl groups excluding tert-OH is 1. The Labute approximate surface area is 121 Å². The minimum Gasteiger partial charge on any atom is -0.396 e. The number of unbranched alkanes of at least 4 members (excludes halogenated alkanes) is 12. The predicted molar refractivity (Wildman–Crippen MR) is 86.5 cm³/mol. The van der Waals surface area contributed by atoms with Gasteiger partial charge in [-0.2, -0.15) is 0 Å². The van der Waals surface area contributed by atoms with Crippen LogP contribution in [-0.2, 0) is 0 Å². The van der Waals surface area contributed by atoms with Crippen LogP contribution in [0.2, 0.25) is 0 Å². The lowest BCUT2D eigenvalue weighted by molar-refractivity contribution is 0.282. The molecular formula is C18H36O. The van der Waals surface area contributed by atoms with E-state index < -0.39 is 0 Å². The first-order chi connectivity index (χ1) is 9.41. The third kappa shape index (κ3) is 17.7. The molecule has 0 atom stereocenters. The van der Waals surface area contributed by atoms with Crippen molar-refractivity contribution in [3.63, 3.8) is 0 Å². The second-order valence-electron chi connectivity index (χ2n) is 5.66. The molecule has 0 saturated heterocycles. The maximum Gasteiger partial charge on any atom is 0.0431 e. The summed E-state index contributed by atoms with van der Waals surface area (Å²) in [5.74, 6) is 0. The highest BCUT2D eigenvalue weighted by Crippen LogP contribution is 2.10. The van der Waals surface area contributed by atoms with Crippen LogP contribution >= 0.6 is 0 Å². The lowest BCUT2D eigenvalue weighted by Gasteiger charge is -2.00. The monoisotopic (exact) mass is 268 g/mol. The summed E-state index contributed by atoms with van der Waals surface area (Å²) in [6, 6.07) is 0. The molecule has 1 N–H and O–H groups in total. The number of allylic oxidation sites excluding steroid dienone is 2. The first-order valence-electron chi connectivity index (χ1n) is 8.67. The highest BCUT2D eigenvalue weighted by atomic mass is 16.2. The third-order valence-corrected chi connectivity index (χ3v) is 3.67. The molecule has 0 fully saturated rings. The Morgan fingerprint density at radius 3 is 1.47 bits per heavy atom. The van der Waals surface area contributed by atoms with Crippen LogP contribution in [0.3, 0.4) is 0 Å². The molecule has 0 rings (SSSR count). The Bertz CT molecular complexity index is 175. The minimum atomic E-state index is 0.355. The Morgan fingerprint density at radius 1 is 0.579 bits per heavy atom. The summed E-state index contributed by atoms with van der Waals surface area (Å²) < 4.78 is 0. The SMILES string of the molecule is CCCCCCCCCCC=CCCCCCCO. The lowest BCUT2D eigenvalue weighted by atomic mass is 10.1. The van der Waals surface area contributed by atoms with E-state index in [4.69, 9.17) is 5.11 Å². The van der Waals surface area contributed by atoms with Gasteiger partial charge in [-0.15, -0.1) is 0 Å². The number of hydrogen-bond donors (Lipinski definition) is 1. The van der Waals surface area contributed by atoms with E-state index in [1.165, 1.54) is 83.5 Å². The van der Waals surface area contributed by atoms with Crippen molar-refractivity contribution in [1.29, 1.82) is 0 Å². The first kappa shape index (κ1) is 18.7. The Hall–Kier alpha value is -0.300. The second-order valence-corrected chi connectivity index (χ2v) is 5.66. The molecule has 0 aliphatic rings. The number of rotatable bonds is 15. The topological polar surface area (TPSA) is 20.2 Å². The highest BCUT2D eigenvalue weighted by molar-refractivity contribution is 4.81. The number of hydrogen-bond acceptors (Lipinski definition) is 1. The maximum absolute atomic E-state index is 8.66. The summed E-state index contributed by atoms with van der Waals surface area (Å²) in [6.07, 6.45) is 23.2. The van der Waals surface area contributed by atoms with Crippen LogP contribution in [0, 0.1) is 0 Å². The van der Waals surface area contributed by atoms with E-state index in [1.54, 1.807) is 0 Å². The van der Waals surface area contributed by atoms with E-state index in [0.29, 0.717) is 6.61 Å². The first-order valence-corrected chi connectivity index (χ1v) is 8.67. The molecule has 0 aromatic rings. The molecule has 1 nitrogen and oxygen atoms in total. The van der Waals surface area contributed by atoms with E-state index >= 15 is 0 Å². The second kappa shape index (κ2) is 17.7. The van der Waals surface area contributed by atoms with Gasteiger partial charge in [-0.3, -0.25) is 0 Å². The van der Waals surface area contributed by atoms with Crippen molar-refractivity contribution in [3.05, 3.63) is 12.2 Å². The van der Waals surface area contributed by atoms with Crippen molar-refractivity contribution in [2.45, 2.75) is 96.8 Å². The molecule has 0 aliphatic heterocycles. The van der Waals surface area contributed by atoms with E-state index in [9.17, 15) is 0 Å². The highest BCUT2D eigenvalue weighted by Gasteiger charge is 1.90. The lowest BCUT2D eigenvalue weighted by Crippen LogP contribution is -1.82. The van der Waals surface area contributed by atoms with E-state index in [1.807, 2.05) is 0 Å². The van der Waals surface area contributed by atoms with Gasteiger partial charge in [0, 0.05) is 6.61 Å². The Balaban J connectivity index is 3.00. The van der Waals surface area contributed by atoms with Crippen molar-refractivity contribution in [1.82, 2.24) is 0 Å². The molecule has 0 spiro atoms. The van der Waals surface area contributed by atoms with Crippen LogP contribution in [0.15, 0.2) is 12.2 Å². The minimum absolute atomic E-state index is 0.355. The zero-order valence-corrected chi connectivity index (χ0v) is 13.2. The fraction of sp³-hybridized carbons (Fsp3) is 0.889. The average Bonchev–Trinajstić information content (AvgIpc) is 2.43. The zero-order chi connectivity index (χ0) is 14.0. The molecule has 1 heteroatoms. The van der Waals surface area contributed by atoms with E-state index in [2.05, 4.69) is 19.1 Å². The van der Waals surface area contributed by atoms with E-state index in [0.717, 1.165) is 6.42 Å². The van der Waals surface area contributed by atoms with Crippen LogP contribution in [0.5, 0.6) is 0 Å². The molecule has 19 heavy (non-hydrogen) atoms. The summed E-state index contributed by atoms with van der Waals surface area (Å²) in [4.78, 5) is 0. The van der Waals surface area contributed by atoms with Crippen molar-refractivity contribution in [2.75, 3.05) is 6.61 Å². The predicted octanol–water partition coefficient (Wildman–Crippen LogP) is 6.02. The van der Waals surface area contributed by atoms with Gasteiger partial charge in [0.2, 0.25) is 0 Å². The van der Waals surface area contributed by atoms with Gasteiger partial charge in [0.15, 0.2) is 0 Å². The molecule has 114 valence electrons. The quantitative estimate of drug-likeness (QED) is 0.284. The molecule has 0 aromatic heterocycles. The molecule has 0 aromatic carbocycles. The largest absolute Gasteiger partial charge is 0.396 e. The summed E-state index contributed by atoms with van der Waals surface area (Å²) in [7, 11) is 0. The summed E-state index contributed by atoms with van der Waals surface area (Å²) in [6.45, 7) is 2.63. The summed E-state index contributed by atoms with van der Waals surface area (Å²) in [5, 5.41) is 8.66. The van der Waals surface area contributed by atoms with E-state index in [-0.39, 0.29) is 0 Å². The fourth-order valence-electron chi connectivity index (χ4n) is 2.36. The molecular weight excluding hydrogens is 232 g/mol. The summed E-state index contributed by atoms with van der Waals surface area (Å²) in [5.41, 5.74) is 0. The smallest absolute Gasteiger partial charge is 0.0431 e. The standard InChI is InChI=1S/C18H36O/c1-2-3-4-5-6-7-8-9-10-11-12-13-14-15-16-17-18-19/h11-12,19H,2-10,13-18H2,1H3. The summed E-state index contributed by atoms with van der Waals surface area (Å²) >= 11 is 0. The Morgan fingerprint density at radius 2 is 1.00 bits per heavy atom. The molecule has 0 bridgehead atoms. The molecule has 0 heterocycles. The van der Waals surface area contributed by atoms with Crippen LogP contribution in [-0.4, -0.2) is 11.7 Å². The average molecular weight is 268 g/mol. The fourth-order valence-corrected chi connectivity index (χ4v) is 2.36. The maximum atomic E-state index is 8.66. The Kier molecular flexibility index (Phi) is 17.4. The van der Waals surface area contributed by atoms with Crippen molar-refractivity contribution < 1.29 is 5.11 Å². The third-order valence-electron chi connectivity index (χ3n) is 3.67. The van der Waals surface area contributed by atoms with Crippen molar-refractivity contribution >= 4 is 0 Å². The van der Waals surface area contributed by atoms with Crippen molar-refractivity contribution in [3.8, 4) is 0 Å². The van der Waals surface area contributed by atoms with Crippen molar-refractivity contribution in [2.24, 2.45) is 0 Å². The molecule has 0 aliphatic carbocycles. The molecule has 0 saturated carbocycles. The molecule has 0 unspecified atom stereocenters. The van der Waals surface area contributed by atoms with Gasteiger partial charge >= 0.3 is 0 Å². The van der Waals surface area contributed by atoms with Gasteiger partial charge in [-0.05, 0) is 32.1 Å².